The van der Waals surface area contributed by atoms with Crippen LogP contribution in [0.2, 0.25) is 0 Å². The van der Waals surface area contributed by atoms with E-state index in [1.54, 1.807) is 7.11 Å². The molecule has 0 aliphatic carbocycles. The van der Waals surface area contributed by atoms with Gasteiger partial charge in [-0.15, -0.1) is 12.4 Å². The third kappa shape index (κ3) is 2.51. The van der Waals surface area contributed by atoms with Crippen molar-refractivity contribution in [3.63, 3.8) is 0 Å². The molecule has 0 fully saturated rings. The van der Waals surface area contributed by atoms with Gasteiger partial charge in [0.25, 0.3) is 0 Å². The number of hydrogen-bond acceptors (Lipinski definition) is 4. The summed E-state index contributed by atoms with van der Waals surface area (Å²) in [5.74, 6) is 1.87. The molecule has 0 radical (unpaired) electrons. The van der Waals surface area contributed by atoms with Gasteiger partial charge in [-0.1, -0.05) is 24.3 Å². The van der Waals surface area contributed by atoms with Crippen LogP contribution >= 0.6 is 12.4 Å². The van der Waals surface area contributed by atoms with E-state index in [0.717, 1.165) is 22.2 Å². The van der Waals surface area contributed by atoms with E-state index in [0.29, 0.717) is 11.6 Å². The van der Waals surface area contributed by atoms with Gasteiger partial charge in [0.2, 0.25) is 0 Å². The summed E-state index contributed by atoms with van der Waals surface area (Å²) in [4.78, 5) is 8.89. The number of hydrogen-bond donors (Lipinski definition) is 1. The summed E-state index contributed by atoms with van der Waals surface area (Å²) in [7, 11) is 1.63. The topological polar surface area (TPSA) is 61.0 Å². The second-order valence-corrected chi connectivity index (χ2v) is 4.18. The number of anilines is 1. The van der Waals surface area contributed by atoms with Gasteiger partial charge in [0, 0.05) is 10.9 Å². The van der Waals surface area contributed by atoms with Gasteiger partial charge in [-0.05, 0) is 24.3 Å². The minimum Gasteiger partial charge on any atom is -0.497 e. The molecule has 2 N–H and O–H groups in total. The number of ether oxygens (including phenoxy) is 1. The van der Waals surface area contributed by atoms with Crippen LogP contribution in [0.4, 0.5) is 5.82 Å². The molecule has 0 atom stereocenters. The molecule has 0 spiro atoms. The second kappa shape index (κ2) is 5.75. The van der Waals surface area contributed by atoms with Crippen molar-refractivity contribution in [3.8, 4) is 17.1 Å². The highest BCUT2D eigenvalue weighted by molar-refractivity contribution is 5.89. The standard InChI is InChI=1S/C15H13N3O.ClH/c1-19-11-6-4-5-10(9-11)15-17-13-8-3-2-7-12(13)14(16)18-15;/h2-9H,1H3,(H2,16,17,18);1H. The van der Waals surface area contributed by atoms with Gasteiger partial charge in [-0.2, -0.15) is 0 Å². The lowest BCUT2D eigenvalue weighted by Crippen LogP contribution is -1.97. The molecule has 3 rings (SSSR count). The van der Waals surface area contributed by atoms with E-state index in [1.165, 1.54) is 0 Å². The highest BCUT2D eigenvalue weighted by Gasteiger charge is 2.07. The zero-order valence-electron chi connectivity index (χ0n) is 10.9. The van der Waals surface area contributed by atoms with Crippen molar-refractivity contribution >= 4 is 29.1 Å². The number of methoxy groups -OCH3 is 1. The predicted octanol–water partition coefficient (Wildman–Crippen LogP) is 3.31. The smallest absolute Gasteiger partial charge is 0.162 e. The van der Waals surface area contributed by atoms with E-state index in [9.17, 15) is 0 Å². The summed E-state index contributed by atoms with van der Waals surface area (Å²) in [5, 5.41) is 0.870. The highest BCUT2D eigenvalue weighted by atomic mass is 35.5. The lowest BCUT2D eigenvalue weighted by atomic mass is 10.1. The molecule has 0 saturated heterocycles. The van der Waals surface area contributed by atoms with Crippen LogP contribution in [0.15, 0.2) is 48.5 Å². The van der Waals surface area contributed by atoms with Crippen LogP contribution in [0.25, 0.3) is 22.3 Å². The van der Waals surface area contributed by atoms with Crippen molar-refractivity contribution in [2.75, 3.05) is 12.8 Å². The first-order chi connectivity index (χ1) is 9.28. The van der Waals surface area contributed by atoms with Crippen molar-refractivity contribution in [2.24, 2.45) is 0 Å². The molecule has 3 aromatic rings. The lowest BCUT2D eigenvalue weighted by molar-refractivity contribution is 0.415. The van der Waals surface area contributed by atoms with Crippen molar-refractivity contribution in [2.45, 2.75) is 0 Å². The van der Waals surface area contributed by atoms with Crippen molar-refractivity contribution in [3.05, 3.63) is 48.5 Å². The van der Waals surface area contributed by atoms with Crippen LogP contribution in [-0.4, -0.2) is 17.1 Å². The molecule has 20 heavy (non-hydrogen) atoms. The minimum atomic E-state index is 0. The fourth-order valence-corrected chi connectivity index (χ4v) is 1.99. The first-order valence-electron chi connectivity index (χ1n) is 5.94. The third-order valence-corrected chi connectivity index (χ3v) is 2.96. The summed E-state index contributed by atoms with van der Waals surface area (Å²) < 4.78 is 5.21. The number of aromatic nitrogens is 2. The van der Waals surface area contributed by atoms with Crippen LogP contribution in [0.5, 0.6) is 5.75 Å². The molecule has 2 aromatic carbocycles. The van der Waals surface area contributed by atoms with E-state index in [2.05, 4.69) is 9.97 Å². The fourth-order valence-electron chi connectivity index (χ4n) is 1.99. The molecule has 0 amide bonds. The zero-order chi connectivity index (χ0) is 13.2. The number of nitrogen functional groups attached to an aromatic ring is 1. The molecule has 1 heterocycles. The quantitative estimate of drug-likeness (QED) is 0.785. The maximum absolute atomic E-state index is 5.98. The third-order valence-electron chi connectivity index (χ3n) is 2.96. The zero-order valence-corrected chi connectivity index (χ0v) is 11.7. The minimum absolute atomic E-state index is 0. The van der Waals surface area contributed by atoms with Gasteiger partial charge < -0.3 is 10.5 Å². The number of rotatable bonds is 2. The number of nitrogens with two attached hydrogens (primary N) is 1. The van der Waals surface area contributed by atoms with Gasteiger partial charge >= 0.3 is 0 Å². The number of fused-ring (bicyclic) bond motifs is 1. The SMILES string of the molecule is COc1cccc(-c2nc(N)c3ccccc3n2)c1.Cl. The number of halogens is 1. The van der Waals surface area contributed by atoms with Crippen LogP contribution in [0, 0.1) is 0 Å². The first-order valence-corrected chi connectivity index (χ1v) is 5.94. The monoisotopic (exact) mass is 287 g/mol. The molecule has 102 valence electrons. The Kier molecular flexibility index (Phi) is 4.05. The van der Waals surface area contributed by atoms with Crippen LogP contribution < -0.4 is 10.5 Å². The molecule has 0 unspecified atom stereocenters. The Hall–Kier alpha value is -2.33. The number of para-hydroxylation sites is 1. The molecule has 5 heteroatoms. The Morgan fingerprint density at radius 2 is 1.80 bits per heavy atom. The van der Waals surface area contributed by atoms with E-state index in [-0.39, 0.29) is 12.4 Å². The molecular weight excluding hydrogens is 274 g/mol. The fraction of sp³-hybridized carbons (Fsp3) is 0.0667. The van der Waals surface area contributed by atoms with E-state index in [1.807, 2.05) is 48.5 Å². The van der Waals surface area contributed by atoms with Crippen LogP contribution in [-0.2, 0) is 0 Å². The van der Waals surface area contributed by atoms with Crippen LogP contribution in [0.1, 0.15) is 0 Å². The Morgan fingerprint density at radius 3 is 2.60 bits per heavy atom. The normalized spacial score (nSPS) is 10.1. The number of nitrogens with zero attached hydrogens (tertiary/aromatic N) is 2. The average molecular weight is 288 g/mol. The Morgan fingerprint density at radius 1 is 1.00 bits per heavy atom. The lowest BCUT2D eigenvalue weighted by Gasteiger charge is -2.06. The maximum atomic E-state index is 5.98. The van der Waals surface area contributed by atoms with Crippen LogP contribution in [0.3, 0.4) is 0 Å². The van der Waals surface area contributed by atoms with Crippen molar-refractivity contribution in [1.29, 1.82) is 0 Å². The van der Waals surface area contributed by atoms with Crippen molar-refractivity contribution in [1.82, 2.24) is 9.97 Å². The molecule has 0 aliphatic heterocycles. The Bertz CT molecular complexity index is 746. The Labute approximate surface area is 123 Å². The molecular formula is C15H14ClN3O. The predicted molar refractivity (Wildman–Crippen MR) is 83.2 cm³/mol. The molecule has 0 bridgehead atoms. The van der Waals surface area contributed by atoms with Gasteiger partial charge in [0.05, 0.1) is 12.6 Å². The Balaban J connectivity index is 0.00000147. The number of benzene rings is 2. The molecule has 1 aromatic heterocycles. The summed E-state index contributed by atoms with van der Waals surface area (Å²) in [6.45, 7) is 0. The summed E-state index contributed by atoms with van der Waals surface area (Å²) in [6.07, 6.45) is 0. The molecule has 0 aliphatic rings. The van der Waals surface area contributed by atoms with Gasteiger partial charge in [0.1, 0.15) is 11.6 Å². The molecule has 4 nitrogen and oxygen atoms in total. The van der Waals surface area contributed by atoms with E-state index >= 15 is 0 Å². The van der Waals surface area contributed by atoms with E-state index in [4.69, 9.17) is 10.5 Å². The van der Waals surface area contributed by atoms with Gasteiger partial charge in [-0.25, -0.2) is 9.97 Å². The van der Waals surface area contributed by atoms with E-state index < -0.39 is 0 Å². The average Bonchev–Trinajstić information content (AvgIpc) is 2.47. The maximum Gasteiger partial charge on any atom is 0.162 e. The summed E-state index contributed by atoms with van der Waals surface area (Å²) in [6, 6.07) is 15.3. The second-order valence-electron chi connectivity index (χ2n) is 4.18. The van der Waals surface area contributed by atoms with Gasteiger partial charge in [-0.3, -0.25) is 0 Å². The highest BCUT2D eigenvalue weighted by Crippen LogP contribution is 2.25. The summed E-state index contributed by atoms with van der Waals surface area (Å²) in [5.41, 5.74) is 7.71. The van der Waals surface area contributed by atoms with Gasteiger partial charge in [0.15, 0.2) is 5.82 Å². The largest absolute Gasteiger partial charge is 0.497 e. The summed E-state index contributed by atoms with van der Waals surface area (Å²) >= 11 is 0. The molecule has 0 saturated carbocycles. The first kappa shape index (κ1) is 14.1. The van der Waals surface area contributed by atoms with Crippen molar-refractivity contribution < 1.29 is 4.74 Å².